The van der Waals surface area contributed by atoms with Crippen molar-refractivity contribution in [3.63, 3.8) is 0 Å². The first-order valence-corrected chi connectivity index (χ1v) is 8.58. The minimum Gasteiger partial charge on any atom is -0.350 e. The minimum atomic E-state index is -0.329. The first-order chi connectivity index (χ1) is 13.2. The molecule has 2 heterocycles. The van der Waals surface area contributed by atoms with E-state index in [1.165, 1.54) is 0 Å². The first-order valence-electron chi connectivity index (χ1n) is 8.58. The normalized spacial score (nSPS) is 10.8. The molecule has 0 atom stereocenters. The lowest BCUT2D eigenvalue weighted by molar-refractivity contribution is 0.0950. The molecular formula is C20H17N5O2. The standard InChI is InChI=1S/C20H17N5O2/c26-19-17-9-5-4-8-16(17)18(22-23-19)20(27)21-12-10-14-11-13-25(24-14)15-6-2-1-3-7-15/h1-9,11,13H,10,12H2,(H,21,27)(H,23,26). The van der Waals surface area contributed by atoms with Gasteiger partial charge in [0, 0.05) is 24.5 Å². The van der Waals surface area contributed by atoms with E-state index in [2.05, 4.69) is 20.6 Å². The third kappa shape index (κ3) is 3.48. The average Bonchev–Trinajstić information content (AvgIpc) is 3.18. The molecule has 134 valence electrons. The second-order valence-electron chi connectivity index (χ2n) is 6.04. The van der Waals surface area contributed by atoms with Crippen molar-refractivity contribution < 1.29 is 4.79 Å². The zero-order valence-electron chi connectivity index (χ0n) is 14.4. The lowest BCUT2D eigenvalue weighted by Crippen LogP contribution is -2.28. The molecule has 0 aliphatic carbocycles. The molecule has 0 fully saturated rings. The molecule has 0 aliphatic heterocycles. The van der Waals surface area contributed by atoms with Crippen LogP contribution in [0.4, 0.5) is 0 Å². The summed E-state index contributed by atoms with van der Waals surface area (Å²) in [6.07, 6.45) is 2.48. The van der Waals surface area contributed by atoms with Gasteiger partial charge < -0.3 is 5.32 Å². The van der Waals surface area contributed by atoms with E-state index in [4.69, 9.17) is 0 Å². The molecule has 0 unspecified atom stereocenters. The number of rotatable bonds is 5. The molecule has 7 nitrogen and oxygen atoms in total. The molecule has 2 aromatic carbocycles. The van der Waals surface area contributed by atoms with E-state index in [0.29, 0.717) is 23.7 Å². The Balaban J connectivity index is 1.43. The Morgan fingerprint density at radius 3 is 2.56 bits per heavy atom. The molecule has 2 N–H and O–H groups in total. The van der Waals surface area contributed by atoms with Gasteiger partial charge in [-0.25, -0.2) is 9.78 Å². The first kappa shape index (κ1) is 16.7. The summed E-state index contributed by atoms with van der Waals surface area (Å²) in [7, 11) is 0. The van der Waals surface area contributed by atoms with Gasteiger partial charge in [-0.3, -0.25) is 9.59 Å². The fourth-order valence-corrected chi connectivity index (χ4v) is 2.90. The molecule has 4 aromatic rings. The molecule has 0 aliphatic rings. The topological polar surface area (TPSA) is 92.7 Å². The predicted octanol–water partition coefficient (Wildman–Crippen LogP) is 2.08. The number of H-pyrrole nitrogens is 1. The zero-order valence-corrected chi connectivity index (χ0v) is 14.4. The quantitative estimate of drug-likeness (QED) is 0.571. The summed E-state index contributed by atoms with van der Waals surface area (Å²) in [5.41, 5.74) is 1.75. The number of amides is 1. The van der Waals surface area contributed by atoms with Gasteiger partial charge in [0.2, 0.25) is 0 Å². The van der Waals surface area contributed by atoms with Gasteiger partial charge in [0.15, 0.2) is 5.69 Å². The van der Waals surface area contributed by atoms with Gasteiger partial charge in [0.05, 0.1) is 16.8 Å². The summed E-state index contributed by atoms with van der Waals surface area (Å²) in [5.74, 6) is -0.329. The fraction of sp³-hybridized carbons (Fsp3) is 0.100. The van der Waals surface area contributed by atoms with Crippen LogP contribution in [0.1, 0.15) is 16.2 Å². The number of carbonyl (C=O) groups excluding carboxylic acids is 1. The molecule has 0 saturated heterocycles. The Bertz CT molecular complexity index is 1150. The number of nitrogens with one attached hydrogen (secondary N) is 2. The van der Waals surface area contributed by atoms with Gasteiger partial charge in [0.1, 0.15) is 0 Å². The highest BCUT2D eigenvalue weighted by molar-refractivity contribution is 6.04. The van der Waals surface area contributed by atoms with Gasteiger partial charge in [-0.05, 0) is 24.3 Å². The summed E-state index contributed by atoms with van der Waals surface area (Å²) in [6.45, 7) is 0.416. The van der Waals surface area contributed by atoms with Crippen molar-refractivity contribution in [2.45, 2.75) is 6.42 Å². The third-order valence-electron chi connectivity index (χ3n) is 4.24. The predicted molar refractivity (Wildman–Crippen MR) is 102 cm³/mol. The van der Waals surface area contributed by atoms with Crippen LogP contribution in [0.25, 0.3) is 16.5 Å². The molecule has 0 bridgehead atoms. The van der Waals surface area contributed by atoms with E-state index in [1.807, 2.05) is 42.6 Å². The summed E-state index contributed by atoms with van der Waals surface area (Å²) in [5, 5.41) is 14.6. The lowest BCUT2D eigenvalue weighted by Gasteiger charge is -2.06. The summed E-state index contributed by atoms with van der Waals surface area (Å²) in [4.78, 5) is 24.3. The van der Waals surface area contributed by atoms with Crippen LogP contribution in [0.15, 0.2) is 71.7 Å². The molecule has 0 radical (unpaired) electrons. The van der Waals surface area contributed by atoms with Crippen molar-refractivity contribution in [3.8, 4) is 5.69 Å². The Hall–Kier alpha value is -3.74. The number of aromatic nitrogens is 4. The molecule has 27 heavy (non-hydrogen) atoms. The number of nitrogens with zero attached hydrogens (tertiary/aromatic N) is 3. The zero-order chi connectivity index (χ0) is 18.6. The number of hydrogen-bond acceptors (Lipinski definition) is 4. The Labute approximate surface area is 154 Å². The summed E-state index contributed by atoms with van der Waals surface area (Å²) < 4.78 is 1.80. The number of benzene rings is 2. The Kier molecular flexibility index (Phi) is 4.49. The van der Waals surface area contributed by atoms with Gasteiger partial charge in [-0.2, -0.15) is 10.2 Å². The van der Waals surface area contributed by atoms with Crippen molar-refractivity contribution in [1.82, 2.24) is 25.3 Å². The lowest BCUT2D eigenvalue weighted by atomic mass is 10.1. The maximum absolute atomic E-state index is 12.5. The SMILES string of the molecule is O=C(NCCc1ccn(-c2ccccc2)n1)c1n[nH]c(=O)c2ccccc12. The van der Waals surface area contributed by atoms with E-state index in [9.17, 15) is 9.59 Å². The highest BCUT2D eigenvalue weighted by atomic mass is 16.2. The Morgan fingerprint density at radius 1 is 1.00 bits per heavy atom. The molecule has 0 saturated carbocycles. The average molecular weight is 359 g/mol. The van der Waals surface area contributed by atoms with Crippen LogP contribution in [0, 0.1) is 0 Å². The van der Waals surface area contributed by atoms with Crippen LogP contribution >= 0.6 is 0 Å². The summed E-state index contributed by atoms with van der Waals surface area (Å²) >= 11 is 0. The molecule has 4 rings (SSSR count). The Morgan fingerprint density at radius 2 is 1.74 bits per heavy atom. The summed E-state index contributed by atoms with van der Waals surface area (Å²) in [6, 6.07) is 18.7. The van der Waals surface area contributed by atoms with Crippen LogP contribution < -0.4 is 10.9 Å². The van der Waals surface area contributed by atoms with Crippen molar-refractivity contribution in [2.24, 2.45) is 0 Å². The maximum Gasteiger partial charge on any atom is 0.272 e. The second-order valence-corrected chi connectivity index (χ2v) is 6.04. The van der Waals surface area contributed by atoms with Crippen molar-refractivity contribution in [1.29, 1.82) is 0 Å². The van der Waals surface area contributed by atoms with E-state index in [-0.39, 0.29) is 17.2 Å². The minimum absolute atomic E-state index is 0.208. The molecule has 1 amide bonds. The largest absolute Gasteiger partial charge is 0.350 e. The van der Waals surface area contributed by atoms with E-state index >= 15 is 0 Å². The van der Waals surface area contributed by atoms with Gasteiger partial charge >= 0.3 is 0 Å². The van der Waals surface area contributed by atoms with E-state index in [1.54, 1.807) is 28.9 Å². The van der Waals surface area contributed by atoms with Crippen LogP contribution in [-0.2, 0) is 6.42 Å². The van der Waals surface area contributed by atoms with Crippen LogP contribution in [0.3, 0.4) is 0 Å². The van der Waals surface area contributed by atoms with Crippen LogP contribution in [0.5, 0.6) is 0 Å². The highest BCUT2D eigenvalue weighted by Gasteiger charge is 2.13. The van der Waals surface area contributed by atoms with Gasteiger partial charge in [-0.15, -0.1) is 0 Å². The van der Waals surface area contributed by atoms with Gasteiger partial charge in [-0.1, -0.05) is 36.4 Å². The highest BCUT2D eigenvalue weighted by Crippen LogP contribution is 2.12. The number of fused-ring (bicyclic) bond motifs is 1. The van der Waals surface area contributed by atoms with E-state index in [0.717, 1.165) is 11.4 Å². The second kappa shape index (κ2) is 7.25. The maximum atomic E-state index is 12.5. The number of para-hydroxylation sites is 1. The van der Waals surface area contributed by atoms with Crippen molar-refractivity contribution in [3.05, 3.63) is 88.6 Å². The van der Waals surface area contributed by atoms with Crippen molar-refractivity contribution in [2.75, 3.05) is 6.54 Å². The van der Waals surface area contributed by atoms with E-state index < -0.39 is 0 Å². The number of aromatic amines is 1. The smallest absolute Gasteiger partial charge is 0.272 e. The van der Waals surface area contributed by atoms with Gasteiger partial charge in [0.25, 0.3) is 11.5 Å². The molecular weight excluding hydrogens is 342 g/mol. The fourth-order valence-electron chi connectivity index (χ4n) is 2.90. The molecule has 7 heteroatoms. The molecule has 2 aromatic heterocycles. The third-order valence-corrected chi connectivity index (χ3v) is 4.24. The molecule has 0 spiro atoms. The number of carbonyl (C=O) groups is 1. The number of hydrogen-bond donors (Lipinski definition) is 2. The van der Waals surface area contributed by atoms with Crippen LogP contribution in [-0.4, -0.2) is 32.4 Å². The monoisotopic (exact) mass is 359 g/mol. The van der Waals surface area contributed by atoms with Crippen LogP contribution in [0.2, 0.25) is 0 Å². The van der Waals surface area contributed by atoms with Crippen molar-refractivity contribution >= 4 is 16.7 Å².